The molecule has 0 aliphatic rings. The molecule has 0 fully saturated rings. The molecule has 1 aromatic heterocycles. The summed E-state index contributed by atoms with van der Waals surface area (Å²) in [7, 11) is 0. The lowest BCUT2D eigenvalue weighted by atomic mass is 10.1. The second-order valence-electron chi connectivity index (χ2n) is 5.27. The van der Waals surface area contributed by atoms with Gasteiger partial charge < -0.3 is 0 Å². The summed E-state index contributed by atoms with van der Waals surface area (Å²) in [5, 5.41) is 15.1. The van der Waals surface area contributed by atoms with Crippen molar-refractivity contribution in [2.45, 2.75) is 6.42 Å². The van der Waals surface area contributed by atoms with Crippen LogP contribution in [0.4, 0.5) is 10.8 Å². The lowest BCUT2D eigenvalue weighted by Crippen LogP contribution is -2.13. The average molecular weight is 408 g/mol. The second-order valence-corrected chi connectivity index (χ2v) is 7.23. The SMILES string of the molecule is O=C(Nc1ncc(Cc2ccc(Cl)cc2Cl)s1)c1ccccc1[N+](=O)[O-]. The molecule has 0 radical (unpaired) electrons. The van der Waals surface area contributed by atoms with Crippen LogP contribution < -0.4 is 5.32 Å². The topological polar surface area (TPSA) is 85.1 Å². The molecule has 2 aromatic carbocycles. The lowest BCUT2D eigenvalue weighted by molar-refractivity contribution is -0.385. The number of rotatable bonds is 5. The normalized spacial score (nSPS) is 10.5. The first kappa shape index (κ1) is 18.3. The number of para-hydroxylation sites is 1. The molecule has 1 N–H and O–H groups in total. The fourth-order valence-electron chi connectivity index (χ4n) is 2.29. The highest BCUT2D eigenvalue weighted by Crippen LogP contribution is 2.27. The number of carbonyl (C=O) groups excluding carboxylic acids is 1. The van der Waals surface area contributed by atoms with Crippen molar-refractivity contribution in [1.29, 1.82) is 0 Å². The van der Waals surface area contributed by atoms with Gasteiger partial charge in [0.05, 0.1) is 4.92 Å². The Balaban J connectivity index is 1.74. The minimum Gasteiger partial charge on any atom is -0.298 e. The number of carbonyl (C=O) groups is 1. The van der Waals surface area contributed by atoms with Gasteiger partial charge in [0.2, 0.25) is 0 Å². The van der Waals surface area contributed by atoms with Gasteiger partial charge >= 0.3 is 0 Å². The van der Waals surface area contributed by atoms with E-state index in [0.717, 1.165) is 10.4 Å². The number of anilines is 1. The second kappa shape index (κ2) is 7.82. The van der Waals surface area contributed by atoms with Crippen LogP contribution in [0.5, 0.6) is 0 Å². The van der Waals surface area contributed by atoms with Crippen LogP contribution in [0.1, 0.15) is 20.8 Å². The molecular formula is C17H11Cl2N3O3S. The van der Waals surface area contributed by atoms with Crippen LogP contribution >= 0.6 is 34.5 Å². The van der Waals surface area contributed by atoms with Gasteiger partial charge in [-0.2, -0.15) is 0 Å². The van der Waals surface area contributed by atoms with Gasteiger partial charge in [-0.05, 0) is 23.8 Å². The molecule has 0 atom stereocenters. The number of aromatic nitrogens is 1. The molecule has 0 saturated carbocycles. The Morgan fingerprint density at radius 2 is 2.00 bits per heavy atom. The molecule has 0 aliphatic heterocycles. The van der Waals surface area contributed by atoms with E-state index >= 15 is 0 Å². The molecule has 0 unspecified atom stereocenters. The zero-order chi connectivity index (χ0) is 18.7. The van der Waals surface area contributed by atoms with Crippen LogP contribution in [0.15, 0.2) is 48.7 Å². The molecular weight excluding hydrogens is 397 g/mol. The van der Waals surface area contributed by atoms with Gasteiger partial charge in [0.1, 0.15) is 5.56 Å². The molecule has 3 rings (SSSR count). The van der Waals surface area contributed by atoms with E-state index in [9.17, 15) is 14.9 Å². The number of nitrogens with zero attached hydrogens (tertiary/aromatic N) is 2. The maximum atomic E-state index is 12.3. The summed E-state index contributed by atoms with van der Waals surface area (Å²) >= 11 is 13.3. The Morgan fingerprint density at radius 3 is 2.73 bits per heavy atom. The van der Waals surface area contributed by atoms with E-state index in [0.29, 0.717) is 21.6 Å². The number of nitro groups is 1. The summed E-state index contributed by atoms with van der Waals surface area (Å²) in [6, 6.07) is 11.0. The van der Waals surface area contributed by atoms with Crippen molar-refractivity contribution in [2.24, 2.45) is 0 Å². The van der Waals surface area contributed by atoms with E-state index in [1.165, 1.54) is 29.5 Å². The standard InChI is InChI=1S/C17H11Cl2N3O3S/c18-11-6-5-10(14(19)8-11)7-12-9-20-17(26-12)21-16(23)13-3-1-2-4-15(13)22(24)25/h1-6,8-9H,7H2,(H,20,21,23). The summed E-state index contributed by atoms with van der Waals surface area (Å²) < 4.78 is 0. The number of benzene rings is 2. The largest absolute Gasteiger partial charge is 0.298 e. The first-order chi connectivity index (χ1) is 12.4. The van der Waals surface area contributed by atoms with Crippen molar-refractivity contribution in [3.63, 3.8) is 0 Å². The molecule has 6 nitrogen and oxygen atoms in total. The Kier molecular flexibility index (Phi) is 5.51. The van der Waals surface area contributed by atoms with Gasteiger partial charge in [-0.3, -0.25) is 20.2 Å². The number of hydrogen-bond acceptors (Lipinski definition) is 5. The smallest absolute Gasteiger partial charge is 0.282 e. The van der Waals surface area contributed by atoms with Crippen molar-refractivity contribution in [1.82, 2.24) is 4.98 Å². The molecule has 1 amide bonds. The highest BCUT2D eigenvalue weighted by Gasteiger charge is 2.20. The first-order valence-corrected chi connectivity index (χ1v) is 8.94. The number of hydrogen-bond donors (Lipinski definition) is 1. The van der Waals surface area contributed by atoms with E-state index in [-0.39, 0.29) is 11.3 Å². The maximum absolute atomic E-state index is 12.3. The fourth-order valence-corrected chi connectivity index (χ4v) is 3.59. The molecule has 9 heteroatoms. The summed E-state index contributed by atoms with van der Waals surface area (Å²) in [6.45, 7) is 0. The minimum absolute atomic E-state index is 0.0185. The maximum Gasteiger partial charge on any atom is 0.282 e. The van der Waals surface area contributed by atoms with Crippen molar-refractivity contribution in [3.05, 3.63) is 84.8 Å². The van der Waals surface area contributed by atoms with E-state index < -0.39 is 10.8 Å². The van der Waals surface area contributed by atoms with Gasteiger partial charge in [0.15, 0.2) is 5.13 Å². The van der Waals surface area contributed by atoms with Crippen molar-refractivity contribution < 1.29 is 9.72 Å². The predicted molar refractivity (Wildman–Crippen MR) is 102 cm³/mol. The average Bonchev–Trinajstić information content (AvgIpc) is 3.04. The molecule has 0 aliphatic carbocycles. The molecule has 26 heavy (non-hydrogen) atoms. The molecule has 132 valence electrons. The van der Waals surface area contributed by atoms with Crippen molar-refractivity contribution >= 4 is 51.3 Å². The van der Waals surface area contributed by atoms with Gasteiger partial charge in [-0.25, -0.2) is 4.98 Å². The van der Waals surface area contributed by atoms with E-state index in [2.05, 4.69) is 10.3 Å². The number of halogens is 2. The number of thiazole rings is 1. The molecule has 0 saturated heterocycles. The molecule has 0 bridgehead atoms. The van der Waals surface area contributed by atoms with Gasteiger partial charge in [-0.1, -0.05) is 41.4 Å². The lowest BCUT2D eigenvalue weighted by Gasteiger charge is -2.03. The van der Waals surface area contributed by atoms with E-state index in [1.54, 1.807) is 24.4 Å². The first-order valence-electron chi connectivity index (χ1n) is 7.37. The van der Waals surface area contributed by atoms with Gasteiger partial charge in [-0.15, -0.1) is 11.3 Å². The van der Waals surface area contributed by atoms with Gasteiger partial charge in [0.25, 0.3) is 11.6 Å². The summed E-state index contributed by atoms with van der Waals surface area (Å²) in [5.41, 5.74) is 0.612. The predicted octanol–water partition coefficient (Wildman–Crippen LogP) is 5.20. The van der Waals surface area contributed by atoms with E-state index in [4.69, 9.17) is 23.2 Å². The summed E-state index contributed by atoms with van der Waals surface area (Å²) in [4.78, 5) is 27.8. The monoisotopic (exact) mass is 407 g/mol. The number of nitro benzene ring substituents is 1. The van der Waals surface area contributed by atoms with Crippen LogP contribution in [-0.4, -0.2) is 15.8 Å². The Bertz CT molecular complexity index is 991. The third-order valence-electron chi connectivity index (χ3n) is 3.50. The van der Waals surface area contributed by atoms with Crippen LogP contribution in [0.3, 0.4) is 0 Å². The Morgan fingerprint density at radius 1 is 1.23 bits per heavy atom. The van der Waals surface area contributed by atoms with Crippen LogP contribution in [0.25, 0.3) is 0 Å². The Hall–Kier alpha value is -2.48. The third kappa shape index (κ3) is 4.19. The zero-order valence-electron chi connectivity index (χ0n) is 13.1. The fraction of sp³-hybridized carbons (Fsp3) is 0.0588. The van der Waals surface area contributed by atoms with Crippen LogP contribution in [0, 0.1) is 10.1 Å². The highest BCUT2D eigenvalue weighted by atomic mass is 35.5. The summed E-state index contributed by atoms with van der Waals surface area (Å²) in [5.74, 6) is -0.581. The highest BCUT2D eigenvalue weighted by molar-refractivity contribution is 7.15. The summed E-state index contributed by atoms with van der Waals surface area (Å²) in [6.07, 6.45) is 2.17. The van der Waals surface area contributed by atoms with Crippen molar-refractivity contribution in [2.75, 3.05) is 5.32 Å². The van der Waals surface area contributed by atoms with E-state index in [1.807, 2.05) is 6.07 Å². The minimum atomic E-state index is -0.593. The van der Waals surface area contributed by atoms with Crippen LogP contribution in [0.2, 0.25) is 10.0 Å². The van der Waals surface area contributed by atoms with Crippen LogP contribution in [-0.2, 0) is 6.42 Å². The number of amides is 1. The third-order valence-corrected chi connectivity index (χ3v) is 5.00. The number of nitrogens with one attached hydrogen (secondary N) is 1. The quantitative estimate of drug-likeness (QED) is 0.464. The molecule has 0 spiro atoms. The molecule has 1 heterocycles. The van der Waals surface area contributed by atoms with Crippen molar-refractivity contribution in [3.8, 4) is 0 Å². The zero-order valence-corrected chi connectivity index (χ0v) is 15.4. The van der Waals surface area contributed by atoms with Gasteiger partial charge in [0, 0.05) is 33.6 Å². The molecule has 3 aromatic rings. The Labute approximate surface area is 162 Å².